The first-order valence-electron chi connectivity index (χ1n) is 13.8. The van der Waals surface area contributed by atoms with E-state index in [0.29, 0.717) is 30.9 Å². The van der Waals surface area contributed by atoms with E-state index in [-0.39, 0.29) is 28.7 Å². The first-order chi connectivity index (χ1) is 19.0. The Morgan fingerprint density at radius 3 is 2.33 bits per heavy atom. The number of amides is 2. The van der Waals surface area contributed by atoms with Crippen LogP contribution in [-0.2, 0) is 15.8 Å². The molecule has 3 heterocycles. The summed E-state index contributed by atoms with van der Waals surface area (Å²) in [6, 6.07) is 13.6. The van der Waals surface area contributed by atoms with E-state index in [1.165, 1.54) is 6.07 Å². The molecule has 0 bridgehead atoms. The van der Waals surface area contributed by atoms with Crippen LogP contribution >= 0.6 is 0 Å². The van der Waals surface area contributed by atoms with Gasteiger partial charge in [0.25, 0.3) is 5.91 Å². The van der Waals surface area contributed by atoms with Gasteiger partial charge in [-0.3, -0.25) is 19.5 Å². The molecule has 7 rings (SSSR count). The Kier molecular flexibility index (Phi) is 5.29. The normalized spacial score (nSPS) is 21.1. The predicted molar refractivity (Wildman–Crippen MR) is 145 cm³/mol. The second-order valence-corrected chi connectivity index (χ2v) is 12.2. The number of alkyl halides is 3. The summed E-state index contributed by atoms with van der Waals surface area (Å²) in [5.74, 6) is 1.18. The van der Waals surface area contributed by atoms with Crippen molar-refractivity contribution >= 4 is 28.6 Å². The van der Waals surface area contributed by atoms with Gasteiger partial charge >= 0.3 is 6.18 Å². The van der Waals surface area contributed by atoms with Crippen molar-refractivity contribution in [2.45, 2.75) is 51.2 Å². The second kappa shape index (κ2) is 8.38. The molecule has 2 saturated carbocycles. The fourth-order valence-corrected chi connectivity index (χ4v) is 5.92. The van der Waals surface area contributed by atoms with Crippen LogP contribution in [0.5, 0.6) is 0 Å². The molecule has 2 aromatic carbocycles. The molecule has 206 valence electrons. The minimum absolute atomic E-state index is 0.0472. The number of aliphatic imine (C=N–C) groups is 1. The lowest BCUT2D eigenvalue weighted by Crippen LogP contribution is -2.56. The van der Waals surface area contributed by atoms with Gasteiger partial charge in [0.1, 0.15) is 17.1 Å². The number of likely N-dealkylation sites (tertiary alicyclic amines) is 1. The molecule has 40 heavy (non-hydrogen) atoms. The van der Waals surface area contributed by atoms with Crippen molar-refractivity contribution in [1.29, 1.82) is 0 Å². The third-order valence-corrected chi connectivity index (χ3v) is 8.93. The number of fused-ring (bicyclic) bond motifs is 1. The molecule has 0 unspecified atom stereocenters. The lowest BCUT2D eigenvalue weighted by atomic mass is 9.95. The minimum atomic E-state index is -4.50. The van der Waals surface area contributed by atoms with E-state index in [1.807, 2.05) is 47.9 Å². The van der Waals surface area contributed by atoms with E-state index in [0.717, 1.165) is 54.0 Å². The zero-order valence-electron chi connectivity index (χ0n) is 22.4. The van der Waals surface area contributed by atoms with E-state index in [2.05, 4.69) is 4.98 Å². The van der Waals surface area contributed by atoms with Crippen LogP contribution in [0.3, 0.4) is 0 Å². The highest BCUT2D eigenvalue weighted by molar-refractivity contribution is 6.17. The average molecular weight is 547 g/mol. The first-order valence-corrected chi connectivity index (χ1v) is 13.8. The molecule has 2 aliphatic carbocycles. The Labute approximate surface area is 229 Å². The van der Waals surface area contributed by atoms with Crippen molar-refractivity contribution in [1.82, 2.24) is 14.8 Å². The smallest absolute Gasteiger partial charge is 0.341 e. The summed E-state index contributed by atoms with van der Waals surface area (Å²) in [4.78, 5) is 38.5. The SMILES string of the molecule is Cc1cc(-c2ccc3ccc(C(F)(F)F)nc3c2)ccc1C1=NC2(CC2)C(=O)N1CC1CN(C(=O)C2(C)CC2)C1. The van der Waals surface area contributed by atoms with Gasteiger partial charge in [0, 0.05) is 41.9 Å². The maximum atomic E-state index is 13.4. The third kappa shape index (κ3) is 4.09. The molecule has 9 heteroatoms. The Balaban J connectivity index is 1.14. The van der Waals surface area contributed by atoms with E-state index < -0.39 is 17.4 Å². The van der Waals surface area contributed by atoms with Gasteiger partial charge in [-0.05, 0) is 61.4 Å². The van der Waals surface area contributed by atoms with Crippen LogP contribution in [0.15, 0.2) is 53.5 Å². The molecule has 3 aromatic rings. The maximum absolute atomic E-state index is 13.4. The van der Waals surface area contributed by atoms with Crippen LogP contribution in [0.1, 0.15) is 49.4 Å². The highest BCUT2D eigenvalue weighted by Crippen LogP contribution is 2.49. The number of hydrogen-bond donors (Lipinski definition) is 0. The molecule has 2 aliphatic heterocycles. The van der Waals surface area contributed by atoms with Gasteiger partial charge in [-0.15, -0.1) is 0 Å². The summed E-state index contributed by atoms with van der Waals surface area (Å²) in [5, 5.41) is 0.636. The van der Waals surface area contributed by atoms with Crippen LogP contribution in [-0.4, -0.2) is 57.6 Å². The summed E-state index contributed by atoms with van der Waals surface area (Å²) in [6.07, 6.45) is -1.09. The van der Waals surface area contributed by atoms with Gasteiger partial charge < -0.3 is 4.90 Å². The number of aromatic nitrogens is 1. The van der Waals surface area contributed by atoms with E-state index in [4.69, 9.17) is 4.99 Å². The number of aryl methyl sites for hydroxylation is 1. The Hall–Kier alpha value is -3.75. The quantitative estimate of drug-likeness (QED) is 0.418. The molecule has 0 atom stereocenters. The topological polar surface area (TPSA) is 65.9 Å². The number of hydrogen-bond acceptors (Lipinski definition) is 4. The Morgan fingerprint density at radius 1 is 1.00 bits per heavy atom. The van der Waals surface area contributed by atoms with Crippen molar-refractivity contribution in [2.75, 3.05) is 19.6 Å². The van der Waals surface area contributed by atoms with Gasteiger partial charge in [-0.1, -0.05) is 43.3 Å². The Bertz CT molecular complexity index is 1610. The summed E-state index contributed by atoms with van der Waals surface area (Å²) >= 11 is 0. The third-order valence-electron chi connectivity index (χ3n) is 8.93. The lowest BCUT2D eigenvalue weighted by molar-refractivity contribution is -0.143. The molecule has 4 aliphatic rings. The molecule has 3 fully saturated rings. The van der Waals surface area contributed by atoms with Gasteiger partial charge in [-0.2, -0.15) is 13.2 Å². The first kappa shape index (κ1) is 25.2. The van der Waals surface area contributed by atoms with Crippen molar-refractivity contribution in [2.24, 2.45) is 16.3 Å². The number of carbonyl (C=O) groups is 2. The highest BCUT2D eigenvalue weighted by atomic mass is 19.4. The second-order valence-electron chi connectivity index (χ2n) is 12.2. The molecule has 0 radical (unpaired) electrons. The number of nitrogens with zero attached hydrogens (tertiary/aromatic N) is 4. The average Bonchev–Trinajstić information content (AvgIpc) is 3.82. The summed E-state index contributed by atoms with van der Waals surface area (Å²) in [7, 11) is 0. The van der Waals surface area contributed by atoms with E-state index in [1.54, 1.807) is 12.1 Å². The van der Waals surface area contributed by atoms with Gasteiger partial charge in [-0.25, -0.2) is 4.98 Å². The van der Waals surface area contributed by atoms with Crippen LogP contribution in [0.4, 0.5) is 13.2 Å². The molecular weight excluding hydrogens is 517 g/mol. The zero-order chi connectivity index (χ0) is 28.0. The lowest BCUT2D eigenvalue weighted by Gasteiger charge is -2.42. The fraction of sp³-hybridized carbons (Fsp3) is 0.419. The van der Waals surface area contributed by atoms with Crippen LogP contribution in [0, 0.1) is 18.3 Å². The van der Waals surface area contributed by atoms with Crippen molar-refractivity contribution in [3.63, 3.8) is 0 Å². The van der Waals surface area contributed by atoms with Gasteiger partial charge in [0.15, 0.2) is 0 Å². The maximum Gasteiger partial charge on any atom is 0.433 e. The molecule has 1 saturated heterocycles. The summed E-state index contributed by atoms with van der Waals surface area (Å²) in [5.41, 5.74) is 1.96. The Morgan fingerprint density at radius 2 is 1.68 bits per heavy atom. The van der Waals surface area contributed by atoms with Gasteiger partial charge in [0.05, 0.1) is 5.52 Å². The number of pyridine rings is 1. The standard InChI is InChI=1S/C31H29F3N4O2/c1-18-13-21(22-4-3-20-6-8-25(31(32,33)34)35-24(20)14-22)5-7-23(18)26-36-30(11-12-30)28(40)38(26)17-19-15-37(16-19)27(39)29(2)9-10-29/h3-8,13-14,19H,9-12,15-17H2,1-2H3. The molecule has 6 nitrogen and oxygen atoms in total. The highest BCUT2D eigenvalue weighted by Gasteiger charge is 2.58. The molecule has 2 amide bonds. The molecule has 0 N–H and O–H groups in total. The van der Waals surface area contributed by atoms with Crippen molar-refractivity contribution in [3.8, 4) is 11.1 Å². The predicted octanol–water partition coefficient (Wildman–Crippen LogP) is 5.61. The molecule has 1 spiro atoms. The number of halogens is 3. The summed E-state index contributed by atoms with van der Waals surface area (Å²) in [6.45, 7) is 5.86. The number of rotatable bonds is 5. The van der Waals surface area contributed by atoms with Crippen LogP contribution in [0.2, 0.25) is 0 Å². The zero-order valence-corrected chi connectivity index (χ0v) is 22.4. The number of carbonyl (C=O) groups excluding carboxylic acids is 2. The minimum Gasteiger partial charge on any atom is -0.341 e. The largest absolute Gasteiger partial charge is 0.433 e. The van der Waals surface area contributed by atoms with E-state index >= 15 is 0 Å². The van der Waals surface area contributed by atoms with Crippen molar-refractivity contribution < 1.29 is 22.8 Å². The molecular formula is C31H29F3N4O2. The van der Waals surface area contributed by atoms with E-state index in [9.17, 15) is 22.8 Å². The summed E-state index contributed by atoms with van der Waals surface area (Å²) < 4.78 is 39.6. The van der Waals surface area contributed by atoms with Gasteiger partial charge in [0.2, 0.25) is 5.91 Å². The fourth-order valence-electron chi connectivity index (χ4n) is 5.92. The van der Waals surface area contributed by atoms with Crippen LogP contribution < -0.4 is 0 Å². The van der Waals surface area contributed by atoms with Crippen LogP contribution in [0.25, 0.3) is 22.0 Å². The number of amidine groups is 1. The number of benzene rings is 2. The molecule has 1 aromatic heterocycles. The van der Waals surface area contributed by atoms with Crippen molar-refractivity contribution in [3.05, 3.63) is 65.4 Å². The monoisotopic (exact) mass is 546 g/mol.